The largest absolute Gasteiger partial charge is 0.505 e. The van der Waals surface area contributed by atoms with E-state index in [2.05, 4.69) is 30.7 Å². The Bertz CT molecular complexity index is 633. The van der Waals surface area contributed by atoms with E-state index in [0.29, 0.717) is 4.47 Å². The third-order valence-corrected chi connectivity index (χ3v) is 4.89. The number of rotatable bonds is 6. The number of ether oxygens (including phenoxy) is 1. The lowest BCUT2D eigenvalue weighted by Crippen LogP contribution is -2.55. The van der Waals surface area contributed by atoms with Gasteiger partial charge in [-0.15, -0.1) is 12.4 Å². The van der Waals surface area contributed by atoms with Crippen LogP contribution >= 0.6 is 28.3 Å². The van der Waals surface area contributed by atoms with Gasteiger partial charge in [0.05, 0.1) is 4.90 Å². The van der Waals surface area contributed by atoms with Crippen LogP contribution in [0, 0.1) is 0 Å². The summed E-state index contributed by atoms with van der Waals surface area (Å²) in [6.07, 6.45) is -2.37. The zero-order valence-electron chi connectivity index (χ0n) is 12.9. The minimum absolute atomic E-state index is 0. The smallest absolute Gasteiger partial charge is 0.450 e. The van der Waals surface area contributed by atoms with Gasteiger partial charge in [0, 0.05) is 10.0 Å². The Hall–Kier alpha value is -0.870. The molecule has 7 nitrogen and oxygen atoms in total. The molecule has 1 aromatic rings. The molecule has 0 spiro atoms. The Morgan fingerprint density at radius 1 is 1.35 bits per heavy atom. The van der Waals surface area contributed by atoms with Crippen molar-refractivity contribution in [3.05, 3.63) is 28.7 Å². The van der Waals surface area contributed by atoms with Crippen LogP contribution in [0.15, 0.2) is 33.6 Å². The van der Waals surface area contributed by atoms with Crippen molar-refractivity contribution in [3.8, 4) is 0 Å². The number of benzene rings is 1. The summed E-state index contributed by atoms with van der Waals surface area (Å²) < 4.78 is 32.1. The van der Waals surface area contributed by atoms with Gasteiger partial charge in [-0.3, -0.25) is 5.32 Å². The van der Waals surface area contributed by atoms with Crippen LogP contribution in [0.3, 0.4) is 0 Å². The molecule has 3 N–H and O–H groups in total. The van der Waals surface area contributed by atoms with Crippen LogP contribution in [-0.4, -0.2) is 38.0 Å². The molecule has 23 heavy (non-hydrogen) atoms. The van der Waals surface area contributed by atoms with E-state index in [9.17, 15) is 13.2 Å². The maximum Gasteiger partial charge on any atom is 0.505 e. The first kappa shape index (κ1) is 22.1. The second kappa shape index (κ2) is 8.84. The summed E-state index contributed by atoms with van der Waals surface area (Å²) in [5.41, 5.74) is -0.441. The van der Waals surface area contributed by atoms with E-state index >= 15 is 0 Å². The summed E-state index contributed by atoms with van der Waals surface area (Å²) in [5, 5.41) is 11.5. The standard InChI is InChI=1S/C13H19BrN2O5S.ClH/c1-13(2,3)15-11(8-21-12(17)18)16-22(19,20)10-7-5-4-6-9(10)14;/h4-7,11,15-16H,8H2,1-3H3,(H,17,18);1H. The van der Waals surface area contributed by atoms with Gasteiger partial charge in [0.25, 0.3) is 0 Å². The highest BCUT2D eigenvalue weighted by molar-refractivity contribution is 9.10. The topological polar surface area (TPSA) is 105 Å². The predicted octanol–water partition coefficient (Wildman–Crippen LogP) is 2.56. The lowest BCUT2D eigenvalue weighted by atomic mass is 10.1. The number of hydrogen-bond acceptors (Lipinski definition) is 5. The van der Waals surface area contributed by atoms with Gasteiger partial charge in [-0.2, -0.15) is 4.72 Å². The lowest BCUT2D eigenvalue weighted by Gasteiger charge is -2.28. The summed E-state index contributed by atoms with van der Waals surface area (Å²) in [6, 6.07) is 6.34. The molecule has 1 atom stereocenters. The van der Waals surface area contributed by atoms with Crippen molar-refractivity contribution >= 4 is 44.5 Å². The van der Waals surface area contributed by atoms with E-state index in [-0.39, 0.29) is 23.9 Å². The zero-order valence-corrected chi connectivity index (χ0v) is 16.1. The van der Waals surface area contributed by atoms with E-state index in [1.807, 2.05) is 20.8 Å². The van der Waals surface area contributed by atoms with E-state index < -0.39 is 27.9 Å². The van der Waals surface area contributed by atoms with Crippen LogP contribution in [0.5, 0.6) is 0 Å². The molecule has 0 fully saturated rings. The Balaban J connectivity index is 0.00000484. The van der Waals surface area contributed by atoms with Crippen molar-refractivity contribution in [2.45, 2.75) is 37.4 Å². The predicted molar refractivity (Wildman–Crippen MR) is 92.4 cm³/mol. The summed E-state index contributed by atoms with van der Waals surface area (Å²) in [7, 11) is -3.84. The third-order valence-electron chi connectivity index (χ3n) is 2.40. The molecule has 1 aromatic carbocycles. The third kappa shape index (κ3) is 7.98. The van der Waals surface area contributed by atoms with Crippen LogP contribution in [0.1, 0.15) is 20.8 Å². The molecule has 0 heterocycles. The molecule has 0 aromatic heterocycles. The molecule has 0 aliphatic rings. The number of halogens is 2. The first-order valence-corrected chi connectivity index (χ1v) is 8.69. The highest BCUT2D eigenvalue weighted by Gasteiger charge is 2.26. The van der Waals surface area contributed by atoms with Crippen LogP contribution in [-0.2, 0) is 14.8 Å². The molecular formula is C13H20BrClN2O5S. The Kier molecular flexibility index (Phi) is 8.50. The molecule has 0 bridgehead atoms. The van der Waals surface area contributed by atoms with E-state index in [1.165, 1.54) is 6.07 Å². The molecule has 1 unspecified atom stereocenters. The Labute approximate surface area is 150 Å². The van der Waals surface area contributed by atoms with Crippen molar-refractivity contribution in [3.63, 3.8) is 0 Å². The van der Waals surface area contributed by atoms with Crippen LogP contribution in [0.4, 0.5) is 4.79 Å². The van der Waals surface area contributed by atoms with Crippen molar-refractivity contribution in [2.75, 3.05) is 6.61 Å². The van der Waals surface area contributed by atoms with Gasteiger partial charge in [0.1, 0.15) is 12.8 Å². The monoisotopic (exact) mass is 430 g/mol. The first-order valence-electron chi connectivity index (χ1n) is 6.41. The maximum atomic E-state index is 12.4. The molecule has 132 valence electrons. The van der Waals surface area contributed by atoms with E-state index in [0.717, 1.165) is 0 Å². The fourth-order valence-electron chi connectivity index (χ4n) is 1.70. The average molecular weight is 432 g/mol. The SMILES string of the molecule is CC(C)(C)NC(COC(=O)O)NS(=O)(=O)c1ccccc1Br.Cl. The molecule has 10 heteroatoms. The van der Waals surface area contributed by atoms with Crippen molar-refractivity contribution in [1.29, 1.82) is 0 Å². The van der Waals surface area contributed by atoms with Gasteiger partial charge in [-0.05, 0) is 48.8 Å². The minimum atomic E-state index is -3.84. The highest BCUT2D eigenvalue weighted by Crippen LogP contribution is 2.21. The molecule has 0 amide bonds. The minimum Gasteiger partial charge on any atom is -0.450 e. The average Bonchev–Trinajstić information content (AvgIpc) is 2.34. The number of nitrogens with one attached hydrogen (secondary N) is 2. The Morgan fingerprint density at radius 2 is 1.91 bits per heavy atom. The summed E-state index contributed by atoms with van der Waals surface area (Å²) in [5.74, 6) is 0. The second-order valence-electron chi connectivity index (χ2n) is 5.58. The van der Waals surface area contributed by atoms with Crippen LogP contribution in [0.25, 0.3) is 0 Å². The quantitative estimate of drug-likeness (QED) is 0.472. The van der Waals surface area contributed by atoms with Crippen molar-refractivity contribution in [2.24, 2.45) is 0 Å². The number of hydrogen-bond donors (Lipinski definition) is 3. The van der Waals surface area contributed by atoms with Crippen LogP contribution in [0.2, 0.25) is 0 Å². The van der Waals surface area contributed by atoms with E-state index in [4.69, 9.17) is 5.11 Å². The normalized spacial score (nSPS) is 13.0. The number of sulfonamides is 1. The molecule has 0 radical (unpaired) electrons. The fraction of sp³-hybridized carbons (Fsp3) is 0.462. The lowest BCUT2D eigenvalue weighted by molar-refractivity contribution is 0.0772. The highest BCUT2D eigenvalue weighted by atomic mass is 79.9. The summed E-state index contributed by atoms with van der Waals surface area (Å²) in [6.45, 7) is 5.13. The van der Waals surface area contributed by atoms with Crippen LogP contribution < -0.4 is 10.0 Å². The summed E-state index contributed by atoms with van der Waals surface area (Å²) in [4.78, 5) is 10.6. The zero-order chi connectivity index (χ0) is 17.0. The van der Waals surface area contributed by atoms with Gasteiger partial charge in [-0.1, -0.05) is 12.1 Å². The molecule has 1 rings (SSSR count). The molecule has 0 saturated heterocycles. The first-order chi connectivity index (χ1) is 10.0. The van der Waals surface area contributed by atoms with Gasteiger partial charge in [0.2, 0.25) is 10.0 Å². The van der Waals surface area contributed by atoms with Gasteiger partial charge in [-0.25, -0.2) is 13.2 Å². The molecular weight excluding hydrogens is 412 g/mol. The van der Waals surface area contributed by atoms with Gasteiger partial charge in [0.15, 0.2) is 0 Å². The van der Waals surface area contributed by atoms with Gasteiger partial charge < -0.3 is 9.84 Å². The second-order valence-corrected chi connectivity index (χ2v) is 8.11. The Morgan fingerprint density at radius 3 is 2.39 bits per heavy atom. The number of carboxylic acid groups (broad SMARTS) is 1. The molecule has 0 aliphatic heterocycles. The fourth-order valence-corrected chi connectivity index (χ4v) is 3.83. The summed E-state index contributed by atoms with van der Waals surface area (Å²) >= 11 is 3.18. The molecule has 0 saturated carbocycles. The molecule has 0 aliphatic carbocycles. The number of carbonyl (C=O) groups is 1. The maximum absolute atomic E-state index is 12.4. The van der Waals surface area contributed by atoms with Crippen molar-refractivity contribution < 1.29 is 23.1 Å². The van der Waals surface area contributed by atoms with E-state index in [1.54, 1.807) is 18.2 Å². The van der Waals surface area contributed by atoms with Crippen molar-refractivity contribution in [1.82, 2.24) is 10.0 Å². The van der Waals surface area contributed by atoms with Gasteiger partial charge >= 0.3 is 6.16 Å².